The van der Waals surface area contributed by atoms with Crippen molar-refractivity contribution >= 4 is 17.5 Å². The second-order valence-electron chi connectivity index (χ2n) is 6.31. The van der Waals surface area contributed by atoms with Gasteiger partial charge in [-0.1, -0.05) is 30.3 Å². The summed E-state index contributed by atoms with van der Waals surface area (Å²) in [5, 5.41) is 0. The molecule has 28 heavy (non-hydrogen) atoms. The molecule has 1 amide bonds. The van der Waals surface area contributed by atoms with Crippen LogP contribution in [-0.2, 0) is 20.9 Å². The quantitative estimate of drug-likeness (QED) is 0.561. The number of aryl methyl sites for hydroxylation is 1. The Morgan fingerprint density at radius 1 is 1.14 bits per heavy atom. The van der Waals surface area contributed by atoms with E-state index in [0.29, 0.717) is 17.9 Å². The van der Waals surface area contributed by atoms with Crippen molar-refractivity contribution in [2.75, 3.05) is 19.8 Å². The van der Waals surface area contributed by atoms with Gasteiger partial charge in [0, 0.05) is 18.9 Å². The predicted octanol–water partition coefficient (Wildman–Crippen LogP) is 2.61. The molecule has 0 bridgehead atoms. The van der Waals surface area contributed by atoms with E-state index in [0.717, 1.165) is 11.3 Å². The molecule has 0 saturated carbocycles. The smallest absolute Gasteiger partial charge is 0.325 e. The molecule has 0 N–H and O–H groups in total. The van der Waals surface area contributed by atoms with Crippen LogP contribution in [0.25, 0.3) is 5.65 Å². The number of fused-ring (bicyclic) bond motifs is 1. The minimum absolute atomic E-state index is 0.127. The zero-order valence-corrected chi connectivity index (χ0v) is 16.0. The second kappa shape index (κ2) is 9.03. The summed E-state index contributed by atoms with van der Waals surface area (Å²) in [6.45, 7) is 3.87. The molecule has 0 fully saturated rings. The minimum atomic E-state index is -0.447. The molecule has 0 aliphatic carbocycles. The fourth-order valence-corrected chi connectivity index (χ4v) is 2.85. The van der Waals surface area contributed by atoms with E-state index in [9.17, 15) is 9.59 Å². The van der Waals surface area contributed by atoms with Crippen LogP contribution < -0.4 is 4.74 Å². The van der Waals surface area contributed by atoms with E-state index in [1.807, 2.05) is 60.1 Å². The molecule has 0 saturated heterocycles. The molecule has 0 radical (unpaired) electrons. The van der Waals surface area contributed by atoms with Crippen LogP contribution in [0.15, 0.2) is 54.9 Å². The molecule has 2 aromatic heterocycles. The van der Waals surface area contributed by atoms with Crippen LogP contribution in [-0.4, -0.2) is 45.9 Å². The summed E-state index contributed by atoms with van der Waals surface area (Å²) in [4.78, 5) is 30.5. The van der Waals surface area contributed by atoms with Crippen molar-refractivity contribution < 1.29 is 19.1 Å². The Labute approximate surface area is 163 Å². The first kappa shape index (κ1) is 19.4. The lowest BCUT2D eigenvalue weighted by atomic mass is 10.2. The van der Waals surface area contributed by atoms with Crippen LogP contribution in [0.3, 0.4) is 0 Å². The first-order chi connectivity index (χ1) is 13.6. The number of nitrogens with zero attached hydrogens (tertiary/aromatic N) is 3. The van der Waals surface area contributed by atoms with Crippen LogP contribution in [0, 0.1) is 6.92 Å². The Morgan fingerprint density at radius 3 is 2.68 bits per heavy atom. The summed E-state index contributed by atoms with van der Waals surface area (Å²) < 4.78 is 12.6. The van der Waals surface area contributed by atoms with Gasteiger partial charge in [-0.2, -0.15) is 0 Å². The Hall–Kier alpha value is -3.35. The molecule has 3 rings (SSSR count). The average Bonchev–Trinajstić information content (AvgIpc) is 3.07. The van der Waals surface area contributed by atoms with E-state index in [1.54, 1.807) is 13.0 Å². The standard InChI is InChI=1S/C21H23N3O4/c1-3-27-20(26)14-24(13-17-8-5-4-6-9-17)19(25)15-28-18-10-7-11-23-12-16(2)22-21(18)23/h4-12H,3,13-15H2,1-2H3. The van der Waals surface area contributed by atoms with Gasteiger partial charge in [-0.15, -0.1) is 0 Å². The van der Waals surface area contributed by atoms with Gasteiger partial charge < -0.3 is 18.8 Å². The largest absolute Gasteiger partial charge is 0.480 e. The third kappa shape index (κ3) is 4.88. The molecular formula is C21H23N3O4. The number of carbonyl (C=O) groups excluding carboxylic acids is 2. The maximum absolute atomic E-state index is 12.8. The normalized spacial score (nSPS) is 10.6. The molecule has 2 heterocycles. The number of ether oxygens (including phenoxy) is 2. The Kier molecular flexibility index (Phi) is 6.26. The highest BCUT2D eigenvalue weighted by Crippen LogP contribution is 2.19. The topological polar surface area (TPSA) is 73.1 Å². The number of hydrogen-bond acceptors (Lipinski definition) is 5. The monoisotopic (exact) mass is 381 g/mol. The maximum Gasteiger partial charge on any atom is 0.325 e. The highest BCUT2D eigenvalue weighted by atomic mass is 16.5. The number of aromatic nitrogens is 2. The van der Waals surface area contributed by atoms with E-state index < -0.39 is 5.97 Å². The number of pyridine rings is 1. The molecule has 0 atom stereocenters. The molecular weight excluding hydrogens is 358 g/mol. The summed E-state index contributed by atoms with van der Waals surface area (Å²) >= 11 is 0. The van der Waals surface area contributed by atoms with E-state index in [4.69, 9.17) is 9.47 Å². The fraction of sp³-hybridized carbons (Fsp3) is 0.286. The molecule has 1 aromatic carbocycles. The number of rotatable bonds is 8. The summed E-state index contributed by atoms with van der Waals surface area (Å²) in [6.07, 6.45) is 3.75. The van der Waals surface area contributed by atoms with Gasteiger partial charge >= 0.3 is 5.97 Å². The molecule has 0 spiro atoms. The van der Waals surface area contributed by atoms with Crippen molar-refractivity contribution in [3.05, 3.63) is 66.1 Å². The van der Waals surface area contributed by atoms with Gasteiger partial charge in [0.25, 0.3) is 5.91 Å². The third-order valence-electron chi connectivity index (χ3n) is 4.11. The van der Waals surface area contributed by atoms with Gasteiger partial charge in [-0.05, 0) is 31.5 Å². The number of hydrogen-bond donors (Lipinski definition) is 0. The van der Waals surface area contributed by atoms with Crippen LogP contribution >= 0.6 is 0 Å². The number of amides is 1. The molecule has 0 aliphatic rings. The summed E-state index contributed by atoms with van der Waals surface area (Å²) in [5.41, 5.74) is 2.43. The van der Waals surface area contributed by atoms with Crippen molar-refractivity contribution in [2.45, 2.75) is 20.4 Å². The van der Waals surface area contributed by atoms with Crippen LogP contribution in [0.1, 0.15) is 18.2 Å². The number of esters is 1. The molecule has 7 nitrogen and oxygen atoms in total. The Balaban J connectivity index is 1.71. The molecule has 3 aromatic rings. The summed E-state index contributed by atoms with van der Waals surface area (Å²) in [6, 6.07) is 13.1. The molecule has 146 valence electrons. The molecule has 7 heteroatoms. The molecule has 0 unspecified atom stereocenters. The lowest BCUT2D eigenvalue weighted by molar-refractivity contribution is -0.149. The highest BCUT2D eigenvalue weighted by Gasteiger charge is 2.19. The highest BCUT2D eigenvalue weighted by molar-refractivity contribution is 5.83. The SMILES string of the molecule is CCOC(=O)CN(Cc1ccccc1)C(=O)COc1cccn2cc(C)nc12. The summed E-state index contributed by atoms with van der Waals surface area (Å²) in [7, 11) is 0. The van der Waals surface area contributed by atoms with E-state index >= 15 is 0 Å². The average molecular weight is 381 g/mol. The maximum atomic E-state index is 12.8. The first-order valence-electron chi connectivity index (χ1n) is 9.11. The van der Waals surface area contributed by atoms with Gasteiger partial charge in [0.05, 0.1) is 12.3 Å². The van der Waals surface area contributed by atoms with Gasteiger partial charge in [0.15, 0.2) is 18.0 Å². The summed E-state index contributed by atoms with van der Waals surface area (Å²) in [5.74, 6) is -0.236. The van der Waals surface area contributed by atoms with Crippen LogP contribution in [0.2, 0.25) is 0 Å². The number of benzene rings is 1. The van der Waals surface area contributed by atoms with Crippen molar-refractivity contribution in [1.29, 1.82) is 0 Å². The van der Waals surface area contributed by atoms with Gasteiger partial charge in [0.2, 0.25) is 0 Å². The zero-order chi connectivity index (χ0) is 19.9. The lowest BCUT2D eigenvalue weighted by Crippen LogP contribution is -2.39. The van der Waals surface area contributed by atoms with Gasteiger partial charge in [0.1, 0.15) is 6.54 Å². The Morgan fingerprint density at radius 2 is 1.93 bits per heavy atom. The predicted molar refractivity (Wildman–Crippen MR) is 104 cm³/mol. The van der Waals surface area contributed by atoms with Gasteiger partial charge in [-0.3, -0.25) is 9.59 Å². The van der Waals surface area contributed by atoms with Crippen molar-refractivity contribution in [2.24, 2.45) is 0 Å². The fourth-order valence-electron chi connectivity index (χ4n) is 2.85. The molecule has 0 aliphatic heterocycles. The van der Waals surface area contributed by atoms with Crippen molar-refractivity contribution in [3.63, 3.8) is 0 Å². The van der Waals surface area contributed by atoms with E-state index in [1.165, 1.54) is 4.90 Å². The number of carbonyl (C=O) groups is 2. The van der Waals surface area contributed by atoms with Crippen molar-refractivity contribution in [3.8, 4) is 5.75 Å². The third-order valence-corrected chi connectivity index (χ3v) is 4.11. The van der Waals surface area contributed by atoms with Crippen molar-refractivity contribution in [1.82, 2.24) is 14.3 Å². The first-order valence-corrected chi connectivity index (χ1v) is 9.11. The van der Waals surface area contributed by atoms with Crippen LogP contribution in [0.5, 0.6) is 5.75 Å². The Bertz CT molecular complexity index is 953. The van der Waals surface area contributed by atoms with E-state index in [2.05, 4.69) is 4.98 Å². The zero-order valence-electron chi connectivity index (χ0n) is 16.0. The van der Waals surface area contributed by atoms with Gasteiger partial charge in [-0.25, -0.2) is 4.98 Å². The number of imidazole rings is 1. The van der Waals surface area contributed by atoms with Crippen LogP contribution in [0.4, 0.5) is 0 Å². The lowest BCUT2D eigenvalue weighted by Gasteiger charge is -2.22. The minimum Gasteiger partial charge on any atom is -0.480 e. The van der Waals surface area contributed by atoms with E-state index in [-0.39, 0.29) is 25.7 Å². The second-order valence-corrected chi connectivity index (χ2v) is 6.31.